The minimum atomic E-state index is -0.791. The van der Waals surface area contributed by atoms with Gasteiger partial charge in [-0.1, -0.05) is 48.5 Å². The predicted molar refractivity (Wildman–Crippen MR) is 496 cm³/mol. The fourth-order valence-corrected chi connectivity index (χ4v) is 37.0. The first kappa shape index (κ1) is 93.2. The zero-order valence-corrected chi connectivity index (χ0v) is 80.5. The van der Waals surface area contributed by atoms with Crippen molar-refractivity contribution in [3.63, 3.8) is 0 Å². The Balaban J connectivity index is 0.000000113. The van der Waals surface area contributed by atoms with Gasteiger partial charge in [-0.2, -0.15) is 29.2 Å². The second-order valence-electron chi connectivity index (χ2n) is 50.2. The van der Waals surface area contributed by atoms with Gasteiger partial charge in [0, 0.05) is 42.3 Å². The van der Waals surface area contributed by atoms with Gasteiger partial charge in [0.05, 0.1) is 86.4 Å². The summed E-state index contributed by atoms with van der Waals surface area (Å²) >= 11 is 0. The van der Waals surface area contributed by atoms with Gasteiger partial charge < -0.3 is 20.4 Å². The van der Waals surface area contributed by atoms with E-state index in [-0.39, 0.29) is 81.4 Å². The molecule has 0 amide bonds. The number of fused-ring (bicyclic) bond motifs is 20. The Morgan fingerprint density at radius 1 is 0.359 bits per heavy atom. The molecule has 0 spiro atoms. The molecule has 20 nitrogen and oxygen atoms in total. The van der Waals surface area contributed by atoms with Crippen molar-refractivity contribution in [3.8, 4) is 0 Å². The number of halogens is 2. The van der Waals surface area contributed by atoms with Crippen LogP contribution < -0.4 is 0 Å². The Labute approximate surface area is 778 Å². The third kappa shape index (κ3) is 17.1. The zero-order chi connectivity index (χ0) is 92.5. The molecular weight excluding hydrogens is 1640 g/mol. The first-order chi connectivity index (χ1) is 62.3. The maximum Gasteiger partial charge on any atom is 0.259 e. The largest absolute Gasteiger partial charge is 0.390 e. The molecular formula is C109H152F2N12O8. The highest BCUT2D eigenvalue weighted by atomic mass is 19.1. The molecule has 18 aliphatic carbocycles. The third-order valence-electron chi connectivity index (χ3n) is 42.3. The van der Waals surface area contributed by atoms with Crippen LogP contribution in [0.3, 0.4) is 0 Å². The SMILES string of the molecule is [C-]#[N+]c1cn(CC(=O)[C@H]2C[C@@H](C)[C@H]3[C@@H]4CC[C@@H]5C[C@](C)(O)CC[C@@H]5[C@H]4CC[C@@]32C)nc1C1CC1.[C-]#[N+]c1cn(CC(=O)[C@H]2C[C@@H](C)[C@H]3[C@@H]4CC[C@@H]5C[C@](C)(O)CC[C@@H]5[C@H]4CC[C@@]32C)nc1F.[C-]#[N+]c1cnn(CC(=O)[C@H]2C[C@@H](C)[C@H]3[C@@H]4CC[C@@H]5C[C@](C)(O)CC[C@@H]5[C@H]4CC[C@@]32C)c1F.[C-]#[N+]c1cnn(CC(=O)[C@H]2C[C@@H](C3CC3)[C@H]3[C@@H]4CC[C@@H]5C[C@](C)(O)CC[C@@H]5[C@H]4CC[C@@]32C)c1. The number of hydrogen-bond donors (Lipinski definition) is 4. The van der Waals surface area contributed by atoms with Crippen LogP contribution >= 0.6 is 0 Å². The highest BCUT2D eigenvalue weighted by Gasteiger charge is 2.68. The molecule has 4 heterocycles. The molecule has 18 fully saturated rings. The minimum Gasteiger partial charge on any atom is -0.390 e. The monoisotopic (exact) mass is 1800 g/mol. The summed E-state index contributed by atoms with van der Waals surface area (Å²) in [6.07, 6.45) is 48.2. The van der Waals surface area contributed by atoms with Crippen molar-refractivity contribution in [3.05, 3.63) is 94.2 Å². The Morgan fingerprint density at radius 3 is 1.06 bits per heavy atom. The lowest BCUT2D eigenvalue weighted by molar-refractivity contribution is -0.134. The van der Waals surface area contributed by atoms with E-state index in [1.165, 1.54) is 133 Å². The van der Waals surface area contributed by atoms with Gasteiger partial charge in [-0.15, -0.1) is 0 Å². The van der Waals surface area contributed by atoms with Crippen LogP contribution in [0.25, 0.3) is 19.4 Å². The van der Waals surface area contributed by atoms with Gasteiger partial charge in [-0.25, -0.2) is 24.1 Å². The van der Waals surface area contributed by atoms with Crippen LogP contribution in [0, 0.1) is 231 Å². The van der Waals surface area contributed by atoms with Crippen molar-refractivity contribution in [2.24, 2.45) is 193 Å². The van der Waals surface area contributed by atoms with E-state index in [4.69, 9.17) is 26.3 Å². The van der Waals surface area contributed by atoms with E-state index in [2.05, 4.69) is 88.2 Å². The Bertz CT molecular complexity index is 5120. The molecule has 22 rings (SSSR count). The Hall–Kier alpha value is -6.82. The first-order valence-corrected chi connectivity index (χ1v) is 52.3. The molecule has 0 radical (unpaired) electrons. The average molecular weight is 1800 g/mol. The van der Waals surface area contributed by atoms with Gasteiger partial charge >= 0.3 is 0 Å². The van der Waals surface area contributed by atoms with Gasteiger partial charge in [0.1, 0.15) is 6.54 Å². The van der Waals surface area contributed by atoms with E-state index in [1.54, 1.807) is 21.8 Å². The van der Waals surface area contributed by atoms with Crippen LogP contribution in [0.15, 0.2) is 31.0 Å². The minimum absolute atomic E-state index is 0.00100. The Morgan fingerprint density at radius 2 is 0.702 bits per heavy atom. The molecule has 0 unspecified atom stereocenters. The third-order valence-corrected chi connectivity index (χ3v) is 42.3. The summed E-state index contributed by atoms with van der Waals surface area (Å²) in [5.74, 6) is 17.3. The lowest BCUT2D eigenvalue weighted by Crippen LogP contribution is -2.52. The lowest BCUT2D eigenvalue weighted by Gasteiger charge is -2.57. The lowest BCUT2D eigenvalue weighted by atomic mass is 9.48. The number of ketones is 4. The van der Waals surface area contributed by atoms with Gasteiger partial charge in [-0.3, -0.25) is 33.2 Å². The molecule has 0 aromatic carbocycles. The standard InChI is InChI=1S/C29H41N3O2.C28H39N3O2.2C26H36FN3O2/c1-17-13-23(25(33)16-32-15-24(30-4)27(31-32)18-5-6-18)29(3)12-10-21-20-9-11-28(2,34)14-19(20)7-8-22(21)26(17)29;1-27(33)10-8-20-18(13-27)6-7-22-21(20)9-11-28(2)24(12-23(26(22)28)17-4-5-17)25(32)16-31-15-19(29-3)14-30-31;1-15-11-20(22(31)14-30-13-21(28-4)24(27)29-30)26(3)10-8-18-17-7-9-25(2,32)12-16(17)5-6-19(18)23(15)26;1-15-11-20(22(31)14-30-24(27)21(28-4)13-29-30)26(3)10-8-18-17-7-9-25(2,32)12-16(17)5-6-19(18)23(15)26/h15,17-23,26,34H,5-14,16H2,1-3H3;14-15,17-18,20-24,26,33H,4-13,16H2,1-2H3;2*13,15-20,23,32H,5-12,14H2,1-3H3/t17-,19-,20+,21-,22-,23-,26+,28-,29-;18-,20+,21-,22-,23+,24-,26-,27-,28-;2*15-,16-,17+,18-,19-,20-,23+,25-,26-/m1111/s1. The van der Waals surface area contributed by atoms with Crippen molar-refractivity contribution < 1.29 is 48.4 Å². The number of carbonyl (C=O) groups excluding carboxylic acids is 4. The topological polar surface area (TPSA) is 238 Å². The number of aromatic nitrogens is 8. The van der Waals surface area contributed by atoms with Gasteiger partial charge in [-0.05, 0) is 434 Å². The molecule has 4 N–H and O–H groups in total. The number of aliphatic hydroxyl groups is 4. The van der Waals surface area contributed by atoms with Crippen molar-refractivity contribution in [2.75, 3.05) is 0 Å². The van der Waals surface area contributed by atoms with Crippen LogP contribution in [-0.4, -0.2) is 105 Å². The van der Waals surface area contributed by atoms with E-state index in [0.717, 1.165) is 197 Å². The number of rotatable bonds is 14. The first-order valence-electron chi connectivity index (χ1n) is 52.3. The van der Waals surface area contributed by atoms with Gasteiger partial charge in [0.15, 0.2) is 23.1 Å². The average Bonchev–Trinajstić information content (AvgIpc) is 1.53. The van der Waals surface area contributed by atoms with Gasteiger partial charge in [0.2, 0.25) is 23.3 Å². The van der Waals surface area contributed by atoms with E-state index in [1.807, 2.05) is 33.9 Å². The second-order valence-corrected chi connectivity index (χ2v) is 50.2. The summed E-state index contributed by atoms with van der Waals surface area (Å²) in [4.78, 5) is 67.6. The summed E-state index contributed by atoms with van der Waals surface area (Å²) in [5, 5.41) is 59.3. The maximum absolute atomic E-state index is 14.3. The number of hydrogen-bond acceptors (Lipinski definition) is 12. The number of nitrogens with zero attached hydrogens (tertiary/aromatic N) is 12. The van der Waals surface area contributed by atoms with E-state index >= 15 is 0 Å². The van der Waals surface area contributed by atoms with E-state index in [0.29, 0.717) is 119 Å². The highest BCUT2D eigenvalue weighted by Crippen LogP contribution is 2.73. The van der Waals surface area contributed by atoms with Crippen LogP contribution in [0.2, 0.25) is 0 Å². The van der Waals surface area contributed by atoms with Crippen LogP contribution in [0.1, 0.15) is 319 Å². The quantitative estimate of drug-likeness (QED) is 0.0863. The van der Waals surface area contributed by atoms with E-state index < -0.39 is 34.3 Å². The summed E-state index contributed by atoms with van der Waals surface area (Å²) in [6.45, 7) is 54.1. The van der Waals surface area contributed by atoms with Gasteiger partial charge in [0.25, 0.3) is 11.4 Å². The maximum atomic E-state index is 14.3. The number of Topliss-reactive ketones (excluding diaryl/α,β-unsaturated/α-hetero) is 4. The molecule has 4 aromatic heterocycles. The summed E-state index contributed by atoms with van der Waals surface area (Å²) < 4.78 is 33.9. The highest BCUT2D eigenvalue weighted by molar-refractivity contribution is 5.84. The fraction of sp³-hybridized carbons (Fsp3) is 0.817. The van der Waals surface area contributed by atoms with Crippen LogP contribution in [-0.2, 0) is 45.4 Å². The summed E-state index contributed by atoms with van der Waals surface area (Å²) in [6, 6.07) is 0. The van der Waals surface area contributed by atoms with E-state index in [9.17, 15) is 48.4 Å². The second kappa shape index (κ2) is 35.0. The molecule has 131 heavy (non-hydrogen) atoms. The number of carbonyl (C=O) groups is 4. The van der Waals surface area contributed by atoms with Crippen LogP contribution in [0.4, 0.5) is 31.5 Å². The molecule has 4 aromatic rings. The summed E-state index contributed by atoms with van der Waals surface area (Å²) in [5.41, 5.74) is 0.0989. The zero-order valence-electron chi connectivity index (χ0n) is 80.5. The molecule has 36 atom stereocenters. The molecule has 22 heteroatoms. The van der Waals surface area contributed by atoms with Crippen molar-refractivity contribution >= 4 is 45.9 Å². The summed E-state index contributed by atoms with van der Waals surface area (Å²) in [7, 11) is 0. The molecule has 18 aliphatic rings. The molecule has 0 saturated heterocycles. The van der Waals surface area contributed by atoms with Crippen molar-refractivity contribution in [1.29, 1.82) is 0 Å². The smallest absolute Gasteiger partial charge is 0.259 e. The van der Waals surface area contributed by atoms with Crippen molar-refractivity contribution in [1.82, 2.24) is 39.1 Å². The normalized spacial score (nSPS) is 45.8. The predicted octanol–water partition coefficient (Wildman–Crippen LogP) is 22.6. The van der Waals surface area contributed by atoms with Crippen molar-refractivity contribution in [2.45, 2.75) is 362 Å². The molecule has 0 aliphatic heterocycles. The Kier molecular flexibility index (Phi) is 24.9. The fourth-order valence-electron chi connectivity index (χ4n) is 37.0. The molecule has 710 valence electrons. The van der Waals surface area contributed by atoms with Crippen LogP contribution in [0.5, 0.6) is 0 Å². The molecule has 18 saturated carbocycles. The molecule has 0 bridgehead atoms.